The van der Waals surface area contributed by atoms with E-state index in [0.717, 1.165) is 50.4 Å². The molecule has 2 atom stereocenters. The number of rotatable bonds is 8. The van der Waals surface area contributed by atoms with Gasteiger partial charge in [-0.25, -0.2) is 0 Å². The van der Waals surface area contributed by atoms with Gasteiger partial charge in [0.2, 0.25) is 0 Å². The van der Waals surface area contributed by atoms with Crippen molar-refractivity contribution in [2.75, 3.05) is 26.4 Å². The van der Waals surface area contributed by atoms with Crippen LogP contribution in [0, 0.1) is 0 Å². The van der Waals surface area contributed by atoms with Crippen molar-refractivity contribution in [1.29, 1.82) is 0 Å². The molecule has 0 radical (unpaired) electrons. The highest BCUT2D eigenvalue weighted by atomic mass is 16.6. The van der Waals surface area contributed by atoms with Gasteiger partial charge in [0, 0.05) is 12.8 Å². The highest BCUT2D eigenvalue weighted by molar-refractivity contribution is 5.31. The Bertz CT molecular complexity index is 418. The van der Waals surface area contributed by atoms with Crippen LogP contribution in [-0.4, -0.2) is 37.6 Å². The first-order chi connectivity index (χ1) is 10.7. The van der Waals surface area contributed by atoms with Crippen LogP contribution in [0.4, 0.5) is 0 Å². The molecule has 122 valence electrons. The molecule has 1 aromatic rings. The summed E-state index contributed by atoms with van der Waals surface area (Å²) >= 11 is 0. The van der Waals surface area contributed by atoms with Crippen molar-refractivity contribution in [3.8, 4) is 11.5 Å². The summed E-state index contributed by atoms with van der Waals surface area (Å²) in [6, 6.07) is 7.82. The van der Waals surface area contributed by atoms with Crippen LogP contribution < -0.4 is 9.47 Å². The smallest absolute Gasteiger partial charge is 0.119 e. The normalized spacial score (nSPS) is 30.3. The van der Waals surface area contributed by atoms with E-state index >= 15 is 0 Å². The van der Waals surface area contributed by atoms with E-state index in [-0.39, 0.29) is 11.2 Å². The molecule has 2 unspecified atom stereocenters. The maximum atomic E-state index is 5.85. The Morgan fingerprint density at radius 3 is 1.41 bits per heavy atom. The minimum absolute atomic E-state index is 0.0652. The molecule has 0 amide bonds. The number of hydrogen-bond donors (Lipinski definition) is 0. The first kappa shape index (κ1) is 15.6. The highest BCUT2D eigenvalue weighted by Gasteiger charge is 2.38. The molecule has 2 saturated heterocycles. The van der Waals surface area contributed by atoms with Crippen LogP contribution in [0.2, 0.25) is 0 Å². The first-order valence-corrected chi connectivity index (χ1v) is 8.33. The van der Waals surface area contributed by atoms with E-state index in [1.54, 1.807) is 0 Å². The molecule has 3 rings (SSSR count). The molecule has 1 aromatic carbocycles. The minimum atomic E-state index is -0.0652. The molecule has 0 aromatic heterocycles. The van der Waals surface area contributed by atoms with Crippen LogP contribution in [0.15, 0.2) is 24.3 Å². The van der Waals surface area contributed by atoms with E-state index in [1.807, 2.05) is 24.3 Å². The zero-order valence-electron chi connectivity index (χ0n) is 13.6. The fourth-order valence-corrected chi connectivity index (χ4v) is 2.83. The summed E-state index contributed by atoms with van der Waals surface area (Å²) in [7, 11) is 0. The van der Waals surface area contributed by atoms with E-state index in [0.29, 0.717) is 13.2 Å². The van der Waals surface area contributed by atoms with Gasteiger partial charge in [0.05, 0.1) is 13.2 Å². The number of ether oxygens (including phenoxy) is 4. The molecule has 4 nitrogen and oxygen atoms in total. The lowest BCUT2D eigenvalue weighted by Gasteiger charge is -2.41. The van der Waals surface area contributed by atoms with E-state index < -0.39 is 0 Å². The Morgan fingerprint density at radius 1 is 0.818 bits per heavy atom. The lowest BCUT2D eigenvalue weighted by Crippen LogP contribution is -2.48. The molecule has 0 saturated carbocycles. The van der Waals surface area contributed by atoms with E-state index in [9.17, 15) is 0 Å². The second kappa shape index (κ2) is 6.47. The summed E-state index contributed by atoms with van der Waals surface area (Å²) < 4.78 is 23.0. The van der Waals surface area contributed by atoms with Crippen LogP contribution in [0.3, 0.4) is 0 Å². The van der Waals surface area contributed by atoms with Crippen molar-refractivity contribution in [1.82, 2.24) is 0 Å². The van der Waals surface area contributed by atoms with Crippen LogP contribution in [-0.2, 0) is 9.47 Å². The molecular formula is C18H26O4. The van der Waals surface area contributed by atoms with Crippen molar-refractivity contribution in [2.24, 2.45) is 0 Å². The summed E-state index contributed by atoms with van der Waals surface area (Å²) in [6.07, 6.45) is 4.16. The van der Waals surface area contributed by atoms with Gasteiger partial charge >= 0.3 is 0 Å². The Balaban J connectivity index is 1.47. The number of benzene rings is 1. The largest absolute Gasteiger partial charge is 0.491 e. The summed E-state index contributed by atoms with van der Waals surface area (Å²) in [6.45, 7) is 7.24. The third kappa shape index (κ3) is 3.23. The Labute approximate surface area is 132 Å². The lowest BCUT2D eigenvalue weighted by molar-refractivity contribution is -0.167. The van der Waals surface area contributed by atoms with Crippen LogP contribution in [0.25, 0.3) is 0 Å². The summed E-state index contributed by atoms with van der Waals surface area (Å²) in [5.74, 6) is 1.72. The average Bonchev–Trinajstić information content (AvgIpc) is 2.47. The molecule has 4 heteroatoms. The molecule has 2 heterocycles. The Kier molecular flexibility index (Phi) is 4.59. The SMILES string of the molecule is CCC1(COc2ccc(OCC3(CC)CCO3)cc2)CCO1. The monoisotopic (exact) mass is 306 g/mol. The van der Waals surface area contributed by atoms with Crippen molar-refractivity contribution in [3.05, 3.63) is 24.3 Å². The number of hydrogen-bond acceptors (Lipinski definition) is 4. The second-order valence-electron chi connectivity index (χ2n) is 6.32. The van der Waals surface area contributed by atoms with Crippen molar-refractivity contribution in [3.63, 3.8) is 0 Å². The summed E-state index contributed by atoms with van der Waals surface area (Å²) in [5.41, 5.74) is -0.130. The van der Waals surface area contributed by atoms with Gasteiger partial charge in [-0.2, -0.15) is 0 Å². The molecule has 0 bridgehead atoms. The lowest BCUT2D eigenvalue weighted by atomic mass is 9.93. The van der Waals surface area contributed by atoms with Gasteiger partial charge in [-0.15, -0.1) is 0 Å². The van der Waals surface area contributed by atoms with Crippen molar-refractivity contribution >= 4 is 0 Å². The summed E-state index contributed by atoms with van der Waals surface area (Å²) in [5, 5.41) is 0. The average molecular weight is 306 g/mol. The van der Waals surface area contributed by atoms with Crippen LogP contribution in [0.5, 0.6) is 11.5 Å². The molecule has 0 spiro atoms. The molecule has 2 aliphatic heterocycles. The third-order valence-electron chi connectivity index (χ3n) is 5.05. The van der Waals surface area contributed by atoms with Crippen LogP contribution >= 0.6 is 0 Å². The molecule has 2 fully saturated rings. The maximum Gasteiger partial charge on any atom is 0.119 e. The molecule has 0 aliphatic carbocycles. The predicted octanol–water partition coefficient (Wildman–Crippen LogP) is 3.58. The minimum Gasteiger partial charge on any atom is -0.491 e. The predicted molar refractivity (Wildman–Crippen MR) is 84.6 cm³/mol. The van der Waals surface area contributed by atoms with Gasteiger partial charge in [0.1, 0.15) is 35.9 Å². The maximum absolute atomic E-state index is 5.85. The van der Waals surface area contributed by atoms with Gasteiger partial charge < -0.3 is 18.9 Å². The van der Waals surface area contributed by atoms with Crippen molar-refractivity contribution < 1.29 is 18.9 Å². The van der Waals surface area contributed by atoms with Gasteiger partial charge in [0.25, 0.3) is 0 Å². The molecular weight excluding hydrogens is 280 g/mol. The third-order valence-corrected chi connectivity index (χ3v) is 5.05. The quantitative estimate of drug-likeness (QED) is 0.735. The van der Waals surface area contributed by atoms with E-state index in [2.05, 4.69) is 13.8 Å². The molecule has 0 N–H and O–H groups in total. The van der Waals surface area contributed by atoms with Gasteiger partial charge in [-0.05, 0) is 37.1 Å². The van der Waals surface area contributed by atoms with E-state index in [1.165, 1.54) is 0 Å². The highest BCUT2D eigenvalue weighted by Crippen LogP contribution is 2.32. The fraction of sp³-hybridized carbons (Fsp3) is 0.667. The Morgan fingerprint density at radius 2 is 1.18 bits per heavy atom. The topological polar surface area (TPSA) is 36.9 Å². The Hall–Kier alpha value is -1.26. The van der Waals surface area contributed by atoms with Gasteiger partial charge in [0.15, 0.2) is 0 Å². The van der Waals surface area contributed by atoms with Crippen molar-refractivity contribution in [2.45, 2.75) is 50.7 Å². The fourth-order valence-electron chi connectivity index (χ4n) is 2.83. The summed E-state index contributed by atoms with van der Waals surface area (Å²) in [4.78, 5) is 0. The molecule has 22 heavy (non-hydrogen) atoms. The van der Waals surface area contributed by atoms with Gasteiger partial charge in [-0.1, -0.05) is 13.8 Å². The standard InChI is InChI=1S/C18H26O4/c1-3-17(9-11-21-17)13-19-15-5-7-16(8-6-15)20-14-18(4-2)10-12-22-18/h5-8H,3-4,9-14H2,1-2H3. The zero-order chi connectivity index (χ0) is 15.5. The zero-order valence-corrected chi connectivity index (χ0v) is 13.6. The van der Waals surface area contributed by atoms with Gasteiger partial charge in [-0.3, -0.25) is 0 Å². The van der Waals surface area contributed by atoms with E-state index in [4.69, 9.17) is 18.9 Å². The second-order valence-corrected chi connectivity index (χ2v) is 6.32. The first-order valence-electron chi connectivity index (χ1n) is 8.33. The van der Waals surface area contributed by atoms with Crippen LogP contribution in [0.1, 0.15) is 39.5 Å². The molecule has 2 aliphatic rings.